The summed E-state index contributed by atoms with van der Waals surface area (Å²) >= 11 is 0. The lowest BCUT2D eigenvalue weighted by Gasteiger charge is -2.29. The molecule has 0 aliphatic carbocycles. The minimum absolute atomic E-state index is 0.0211. The van der Waals surface area contributed by atoms with E-state index < -0.39 is 34.4 Å². The summed E-state index contributed by atoms with van der Waals surface area (Å²) in [6, 6.07) is -2.32. The summed E-state index contributed by atoms with van der Waals surface area (Å²) in [6.07, 6.45) is 1.83. The van der Waals surface area contributed by atoms with E-state index in [1.165, 1.54) is 11.0 Å². The van der Waals surface area contributed by atoms with Crippen LogP contribution in [0.15, 0.2) is 6.33 Å². The third kappa shape index (κ3) is 4.32. The molecule has 4 N–H and O–H groups in total. The number of amides is 3. The Balaban J connectivity index is 1.55. The number of carbonyl (C=O) groups is 3. The summed E-state index contributed by atoms with van der Waals surface area (Å²) in [5, 5.41) is 6.74. The maximum Gasteiger partial charge on any atom is 0.418 e. The van der Waals surface area contributed by atoms with Gasteiger partial charge in [-0.05, 0) is 12.8 Å². The molecule has 14 nitrogen and oxygen atoms in total. The highest BCUT2D eigenvalue weighted by Gasteiger charge is 2.49. The number of ketones is 1. The Hall–Kier alpha value is -2.78. The van der Waals surface area contributed by atoms with Gasteiger partial charge in [-0.15, -0.1) is 9.38 Å². The van der Waals surface area contributed by atoms with Crippen molar-refractivity contribution in [2.75, 3.05) is 18.8 Å². The number of fused-ring (bicyclic) bond motifs is 2. The van der Waals surface area contributed by atoms with E-state index in [2.05, 4.69) is 19.7 Å². The van der Waals surface area contributed by atoms with Crippen molar-refractivity contribution in [1.82, 2.24) is 30.0 Å². The third-order valence-electron chi connectivity index (χ3n) is 4.15. The van der Waals surface area contributed by atoms with Gasteiger partial charge in [0.2, 0.25) is 11.9 Å². The first-order valence-corrected chi connectivity index (χ1v) is 9.22. The molecule has 2 bridgehead atoms. The number of rotatable bonds is 7. The molecule has 27 heavy (non-hydrogen) atoms. The third-order valence-corrected chi connectivity index (χ3v) is 4.50. The zero-order valence-corrected chi connectivity index (χ0v) is 14.7. The quantitative estimate of drug-likeness (QED) is 0.412. The molecule has 2 saturated heterocycles. The summed E-state index contributed by atoms with van der Waals surface area (Å²) in [5.74, 6) is -0.888. The fourth-order valence-corrected chi connectivity index (χ4v) is 3.42. The molecule has 2 aliphatic heterocycles. The minimum Gasteiger partial charge on any atom is -0.367 e. The Kier molecular flexibility index (Phi) is 4.99. The van der Waals surface area contributed by atoms with Crippen molar-refractivity contribution >= 4 is 34.1 Å². The van der Waals surface area contributed by atoms with Crippen LogP contribution in [0.25, 0.3) is 0 Å². The van der Waals surface area contributed by atoms with E-state index in [1.807, 2.05) is 0 Å². The first kappa shape index (κ1) is 19.0. The van der Waals surface area contributed by atoms with Gasteiger partial charge in [-0.25, -0.2) is 14.5 Å². The second-order valence-electron chi connectivity index (χ2n) is 6.07. The summed E-state index contributed by atoms with van der Waals surface area (Å²) < 4.78 is 36.0. The zero-order chi connectivity index (χ0) is 19.8. The maximum absolute atomic E-state index is 12.3. The van der Waals surface area contributed by atoms with Gasteiger partial charge in [0.25, 0.3) is 0 Å². The molecule has 3 heterocycles. The van der Waals surface area contributed by atoms with Crippen molar-refractivity contribution in [3.63, 3.8) is 0 Å². The highest BCUT2D eigenvalue weighted by Crippen LogP contribution is 2.30. The molecular formula is C12H17N7O7S. The fourth-order valence-electron chi connectivity index (χ4n) is 3.03. The standard InChI is InChI=1S/C12H17N7O7S/c13-11-15-6-17(16-11)5-8(20)3-14-10(21)9-2-1-7-4-18(9)12(22)19(7)26-27(23,24)25/h6-7,9H,1-5H2,(H2,13,16)(H,14,21)(H,23,24,25)/t7-,9+/m1/s1. The van der Waals surface area contributed by atoms with E-state index in [4.69, 9.17) is 10.3 Å². The van der Waals surface area contributed by atoms with Gasteiger partial charge in [-0.2, -0.15) is 13.5 Å². The van der Waals surface area contributed by atoms with Crippen molar-refractivity contribution < 1.29 is 31.6 Å². The lowest BCUT2D eigenvalue weighted by molar-refractivity contribution is -0.128. The average Bonchev–Trinajstić information content (AvgIpc) is 3.09. The number of nitrogens with one attached hydrogen (secondary N) is 1. The summed E-state index contributed by atoms with van der Waals surface area (Å²) in [4.78, 5) is 41.3. The lowest BCUT2D eigenvalue weighted by Crippen LogP contribution is -2.50. The zero-order valence-electron chi connectivity index (χ0n) is 13.9. The molecule has 0 unspecified atom stereocenters. The number of nitrogen functional groups attached to an aromatic ring is 1. The predicted octanol–water partition coefficient (Wildman–Crippen LogP) is -2.45. The van der Waals surface area contributed by atoms with Crippen LogP contribution >= 0.6 is 0 Å². The van der Waals surface area contributed by atoms with Crippen LogP contribution in [0.3, 0.4) is 0 Å². The molecule has 0 aromatic carbocycles. The second kappa shape index (κ2) is 7.09. The molecule has 3 amide bonds. The fraction of sp³-hybridized carbons (Fsp3) is 0.583. The van der Waals surface area contributed by atoms with Crippen molar-refractivity contribution in [2.24, 2.45) is 0 Å². The van der Waals surface area contributed by atoms with Gasteiger partial charge in [0.15, 0.2) is 5.78 Å². The minimum atomic E-state index is -4.86. The normalized spacial score (nSPS) is 22.2. The van der Waals surface area contributed by atoms with Crippen LogP contribution in [0.2, 0.25) is 0 Å². The Bertz CT molecular complexity index is 869. The first-order chi connectivity index (χ1) is 12.6. The maximum atomic E-state index is 12.3. The molecule has 2 fully saturated rings. The number of aromatic nitrogens is 3. The number of hydroxylamine groups is 2. The van der Waals surface area contributed by atoms with Crippen molar-refractivity contribution in [3.05, 3.63) is 6.33 Å². The number of anilines is 1. The van der Waals surface area contributed by atoms with E-state index >= 15 is 0 Å². The highest BCUT2D eigenvalue weighted by atomic mass is 32.3. The number of Topliss-reactive ketones (excluding diaryl/α,β-unsaturated/α-hetero) is 1. The number of piperidine rings is 1. The predicted molar refractivity (Wildman–Crippen MR) is 85.8 cm³/mol. The van der Waals surface area contributed by atoms with Crippen LogP contribution in [-0.2, 0) is 30.8 Å². The molecular weight excluding hydrogens is 386 g/mol. The van der Waals surface area contributed by atoms with Crippen molar-refractivity contribution in [1.29, 1.82) is 0 Å². The molecule has 0 saturated carbocycles. The molecule has 3 rings (SSSR count). The van der Waals surface area contributed by atoms with Crippen LogP contribution in [-0.4, -0.2) is 80.6 Å². The Morgan fingerprint density at radius 3 is 2.78 bits per heavy atom. The number of carbonyl (C=O) groups excluding carboxylic acids is 3. The Morgan fingerprint density at radius 2 is 2.15 bits per heavy atom. The van der Waals surface area contributed by atoms with Gasteiger partial charge in [-0.1, -0.05) is 0 Å². The number of nitrogens with zero attached hydrogens (tertiary/aromatic N) is 5. The molecule has 0 radical (unpaired) electrons. The SMILES string of the molecule is Nc1ncn(CC(=O)CNC(=O)[C@@H]2CC[C@@H]3CN2C(=O)N3OS(=O)(=O)O)n1. The van der Waals surface area contributed by atoms with Crippen LogP contribution < -0.4 is 11.1 Å². The monoisotopic (exact) mass is 403 g/mol. The summed E-state index contributed by atoms with van der Waals surface area (Å²) in [6.45, 7) is -0.347. The second-order valence-corrected chi connectivity index (χ2v) is 7.07. The van der Waals surface area contributed by atoms with Gasteiger partial charge in [-0.3, -0.25) is 14.1 Å². The number of hydrogen-bond acceptors (Lipinski definition) is 9. The summed E-state index contributed by atoms with van der Waals surface area (Å²) in [7, 11) is -4.86. The molecule has 2 atom stereocenters. The molecule has 15 heteroatoms. The van der Waals surface area contributed by atoms with Crippen LogP contribution in [0, 0.1) is 0 Å². The summed E-state index contributed by atoms with van der Waals surface area (Å²) in [5.41, 5.74) is 5.34. The number of hydrogen-bond donors (Lipinski definition) is 3. The van der Waals surface area contributed by atoms with E-state index in [0.717, 1.165) is 4.90 Å². The molecule has 1 aromatic rings. The Morgan fingerprint density at radius 1 is 1.41 bits per heavy atom. The molecule has 148 valence electrons. The van der Waals surface area contributed by atoms with Gasteiger partial charge in [0, 0.05) is 6.54 Å². The van der Waals surface area contributed by atoms with Gasteiger partial charge in [0.05, 0.1) is 12.6 Å². The van der Waals surface area contributed by atoms with E-state index in [9.17, 15) is 22.8 Å². The van der Waals surface area contributed by atoms with Gasteiger partial charge >= 0.3 is 16.4 Å². The van der Waals surface area contributed by atoms with Gasteiger partial charge < -0.3 is 16.0 Å². The van der Waals surface area contributed by atoms with Crippen molar-refractivity contribution in [2.45, 2.75) is 31.5 Å². The van der Waals surface area contributed by atoms with Crippen LogP contribution in [0.4, 0.5) is 10.7 Å². The number of nitrogens with two attached hydrogens (primary N) is 1. The highest BCUT2D eigenvalue weighted by molar-refractivity contribution is 7.80. The van der Waals surface area contributed by atoms with Crippen LogP contribution in [0.1, 0.15) is 12.8 Å². The van der Waals surface area contributed by atoms with E-state index in [1.54, 1.807) is 0 Å². The molecule has 1 aromatic heterocycles. The van der Waals surface area contributed by atoms with Gasteiger partial charge in [0.1, 0.15) is 18.9 Å². The van der Waals surface area contributed by atoms with Crippen LogP contribution in [0.5, 0.6) is 0 Å². The van der Waals surface area contributed by atoms with E-state index in [0.29, 0.717) is 11.5 Å². The largest absolute Gasteiger partial charge is 0.418 e. The Labute approximate surface area is 153 Å². The first-order valence-electron chi connectivity index (χ1n) is 7.85. The van der Waals surface area contributed by atoms with Crippen molar-refractivity contribution in [3.8, 4) is 0 Å². The number of urea groups is 1. The molecule has 2 aliphatic rings. The lowest BCUT2D eigenvalue weighted by atomic mass is 10.0. The topological polar surface area (TPSA) is 190 Å². The van der Waals surface area contributed by atoms with E-state index in [-0.39, 0.29) is 37.8 Å². The smallest absolute Gasteiger partial charge is 0.367 e. The molecule has 0 spiro atoms. The average molecular weight is 403 g/mol.